The van der Waals surface area contributed by atoms with Crippen molar-refractivity contribution in [1.82, 2.24) is 0 Å². The van der Waals surface area contributed by atoms with E-state index < -0.39 is 33.8 Å². The molecular weight excluding hydrogens is 421 g/mol. The second kappa shape index (κ2) is 9.43. The molecule has 0 aromatic heterocycles. The average Bonchev–Trinajstić information content (AvgIpc) is 3.35. The summed E-state index contributed by atoms with van der Waals surface area (Å²) < 4.78 is 30.5. The highest BCUT2D eigenvalue weighted by Crippen LogP contribution is 2.41. The first kappa shape index (κ1) is 24.9. The summed E-state index contributed by atoms with van der Waals surface area (Å²) in [5.41, 5.74) is 0. The van der Waals surface area contributed by atoms with Gasteiger partial charge in [0.05, 0.1) is 12.2 Å². The van der Waals surface area contributed by atoms with Crippen LogP contribution in [0.25, 0.3) is 0 Å². The van der Waals surface area contributed by atoms with E-state index in [-0.39, 0.29) is 0 Å². The number of fused-ring (bicyclic) bond motifs is 1. The minimum Gasteiger partial charge on any atom is -0.437 e. The van der Waals surface area contributed by atoms with Gasteiger partial charge in [-0.15, -0.1) is 0 Å². The minimum absolute atomic E-state index is 0.582. The van der Waals surface area contributed by atoms with E-state index in [4.69, 9.17) is 21.8 Å². The van der Waals surface area contributed by atoms with Crippen molar-refractivity contribution in [2.24, 2.45) is 5.92 Å². The molecule has 0 radical (unpaired) electrons. The van der Waals surface area contributed by atoms with Gasteiger partial charge in [-0.1, -0.05) is 6.42 Å². The lowest BCUT2D eigenvalue weighted by Gasteiger charge is -2.39. The van der Waals surface area contributed by atoms with Crippen molar-refractivity contribution in [1.29, 1.82) is 0 Å². The number of epoxide rings is 1. The Labute approximate surface area is 177 Å². The van der Waals surface area contributed by atoms with Gasteiger partial charge >= 0.3 is 17.1 Å². The molecule has 1 aliphatic carbocycles. The molecule has 3 unspecified atom stereocenters. The molecule has 2 aliphatic rings. The average molecular weight is 465 g/mol. The standard InChI is InChI=1S/C19H44O5Si4/c1-20-28(9,21-2)15-14-26(5,6)24-27(7,8)23-25(3,4)13-12-17-10-11-18-19(16-17)22-18/h17-19H,10-16H2,1-9H3. The van der Waals surface area contributed by atoms with Crippen LogP contribution in [-0.4, -0.2) is 60.2 Å². The third kappa shape index (κ3) is 8.07. The summed E-state index contributed by atoms with van der Waals surface area (Å²) in [5, 5.41) is 0. The maximum atomic E-state index is 6.78. The second-order valence-electron chi connectivity index (χ2n) is 10.6. The molecule has 9 heteroatoms. The molecule has 0 aromatic carbocycles. The number of ether oxygens (including phenoxy) is 1. The van der Waals surface area contributed by atoms with Gasteiger partial charge in [0.15, 0.2) is 16.6 Å². The molecule has 1 aliphatic heterocycles. The highest BCUT2D eigenvalue weighted by atomic mass is 28.5. The number of hydrogen-bond donors (Lipinski definition) is 0. The first-order valence-electron chi connectivity index (χ1n) is 10.9. The predicted octanol–water partition coefficient (Wildman–Crippen LogP) is 5.45. The summed E-state index contributed by atoms with van der Waals surface area (Å²) in [6, 6.07) is 3.27. The summed E-state index contributed by atoms with van der Waals surface area (Å²) >= 11 is 0. The van der Waals surface area contributed by atoms with E-state index in [2.05, 4.69) is 45.8 Å². The first-order chi connectivity index (χ1) is 12.8. The fraction of sp³-hybridized carbons (Fsp3) is 1.00. The Balaban J connectivity index is 1.80. The summed E-state index contributed by atoms with van der Waals surface area (Å²) in [6.45, 7) is 16.0. The topological polar surface area (TPSA) is 49.5 Å². The Morgan fingerprint density at radius 1 is 0.750 bits per heavy atom. The van der Waals surface area contributed by atoms with Crippen molar-refractivity contribution in [3.63, 3.8) is 0 Å². The molecule has 2 rings (SSSR count). The lowest BCUT2D eigenvalue weighted by atomic mass is 9.88. The van der Waals surface area contributed by atoms with Gasteiger partial charge in [-0.3, -0.25) is 0 Å². The second-order valence-corrected chi connectivity index (χ2v) is 26.7. The van der Waals surface area contributed by atoms with Crippen LogP contribution >= 0.6 is 0 Å². The monoisotopic (exact) mass is 464 g/mol. The molecule has 166 valence electrons. The largest absolute Gasteiger partial charge is 0.437 e. The SMILES string of the molecule is CO[Si](C)(CC[Si](C)(C)O[Si](C)(C)O[Si](C)(C)CCC1CCC2OC2C1)OC. The fourth-order valence-corrected chi connectivity index (χ4v) is 22.5. The van der Waals surface area contributed by atoms with Gasteiger partial charge in [-0.05, 0) is 89.1 Å². The molecule has 3 atom stereocenters. The molecule has 0 amide bonds. The predicted molar refractivity (Wildman–Crippen MR) is 125 cm³/mol. The molecule has 1 saturated heterocycles. The zero-order valence-electron chi connectivity index (χ0n) is 19.7. The Morgan fingerprint density at radius 2 is 1.32 bits per heavy atom. The number of rotatable bonds is 12. The highest BCUT2D eigenvalue weighted by Gasteiger charge is 2.45. The highest BCUT2D eigenvalue weighted by molar-refractivity contribution is 6.88. The van der Waals surface area contributed by atoms with Crippen LogP contribution in [0.4, 0.5) is 0 Å². The van der Waals surface area contributed by atoms with Gasteiger partial charge in [-0.25, -0.2) is 0 Å². The van der Waals surface area contributed by atoms with Crippen LogP contribution in [0.5, 0.6) is 0 Å². The third-order valence-corrected chi connectivity index (χ3v) is 21.0. The summed E-state index contributed by atoms with van der Waals surface area (Å²) in [5.74, 6) is 0.835. The maximum Gasteiger partial charge on any atom is 0.334 e. The summed E-state index contributed by atoms with van der Waals surface area (Å²) in [6.07, 6.45) is 6.36. The van der Waals surface area contributed by atoms with E-state index in [0.29, 0.717) is 12.2 Å². The van der Waals surface area contributed by atoms with Crippen molar-refractivity contribution >= 4 is 33.8 Å². The third-order valence-electron chi connectivity index (χ3n) is 6.36. The van der Waals surface area contributed by atoms with E-state index >= 15 is 0 Å². The summed E-state index contributed by atoms with van der Waals surface area (Å²) in [7, 11) is -4.20. The van der Waals surface area contributed by atoms with Crippen molar-refractivity contribution in [3.05, 3.63) is 0 Å². The van der Waals surface area contributed by atoms with Gasteiger partial charge in [0, 0.05) is 14.2 Å². The zero-order chi connectivity index (χ0) is 21.2. The van der Waals surface area contributed by atoms with Crippen LogP contribution in [0.15, 0.2) is 0 Å². The van der Waals surface area contributed by atoms with Crippen molar-refractivity contribution in [3.8, 4) is 0 Å². The van der Waals surface area contributed by atoms with Crippen LogP contribution in [0, 0.1) is 5.92 Å². The van der Waals surface area contributed by atoms with Crippen LogP contribution in [0.3, 0.4) is 0 Å². The fourth-order valence-electron chi connectivity index (χ4n) is 4.57. The maximum absolute atomic E-state index is 6.78. The van der Waals surface area contributed by atoms with Gasteiger partial charge in [0.25, 0.3) is 0 Å². The molecule has 2 fully saturated rings. The number of hydrogen-bond acceptors (Lipinski definition) is 5. The Morgan fingerprint density at radius 3 is 1.86 bits per heavy atom. The van der Waals surface area contributed by atoms with E-state index in [1.807, 2.05) is 0 Å². The lowest BCUT2D eigenvalue weighted by molar-refractivity contribution is 0.250. The molecule has 1 saturated carbocycles. The Bertz CT molecular complexity index is 511. The first-order valence-corrected chi connectivity index (χ1v) is 22.5. The van der Waals surface area contributed by atoms with Crippen LogP contribution in [-0.2, 0) is 21.8 Å². The molecule has 0 bridgehead atoms. The smallest absolute Gasteiger partial charge is 0.334 e. The van der Waals surface area contributed by atoms with Gasteiger partial charge < -0.3 is 21.8 Å². The molecule has 5 nitrogen and oxygen atoms in total. The normalized spacial score (nSPS) is 26.2. The summed E-state index contributed by atoms with van der Waals surface area (Å²) in [4.78, 5) is 0. The van der Waals surface area contributed by atoms with Gasteiger partial charge in [-0.2, -0.15) is 0 Å². The van der Waals surface area contributed by atoms with Crippen LogP contribution < -0.4 is 0 Å². The lowest BCUT2D eigenvalue weighted by Crippen LogP contribution is -2.53. The molecule has 1 heterocycles. The van der Waals surface area contributed by atoms with Crippen molar-refractivity contribution in [2.75, 3.05) is 14.2 Å². The van der Waals surface area contributed by atoms with E-state index in [9.17, 15) is 0 Å². The minimum atomic E-state index is -2.15. The molecular formula is C19H44O5Si4. The quantitative estimate of drug-likeness (QED) is 0.284. The zero-order valence-corrected chi connectivity index (χ0v) is 23.7. The van der Waals surface area contributed by atoms with E-state index in [1.54, 1.807) is 14.2 Å². The van der Waals surface area contributed by atoms with Crippen LogP contribution in [0.2, 0.25) is 64.0 Å². The van der Waals surface area contributed by atoms with E-state index in [1.165, 1.54) is 31.7 Å². The molecule has 28 heavy (non-hydrogen) atoms. The molecule has 0 N–H and O–H groups in total. The van der Waals surface area contributed by atoms with Crippen LogP contribution in [0.1, 0.15) is 25.7 Å². The molecule has 0 aromatic rings. The van der Waals surface area contributed by atoms with Crippen molar-refractivity contribution < 1.29 is 21.8 Å². The van der Waals surface area contributed by atoms with E-state index in [0.717, 1.165) is 18.0 Å². The van der Waals surface area contributed by atoms with Crippen molar-refractivity contribution in [2.45, 2.75) is 102 Å². The Kier molecular flexibility index (Phi) is 8.40. The Hall–Kier alpha value is 0.668. The van der Waals surface area contributed by atoms with Gasteiger partial charge in [0.2, 0.25) is 0 Å². The van der Waals surface area contributed by atoms with Gasteiger partial charge in [0.1, 0.15) is 0 Å². The molecule has 0 spiro atoms.